The van der Waals surface area contributed by atoms with Crippen molar-refractivity contribution in [3.63, 3.8) is 0 Å². The van der Waals surface area contributed by atoms with Crippen molar-refractivity contribution in [1.82, 2.24) is 10.1 Å². The Morgan fingerprint density at radius 1 is 1.04 bits per heavy atom. The molecule has 0 fully saturated rings. The lowest BCUT2D eigenvalue weighted by Crippen LogP contribution is -2.05. The molecule has 0 aliphatic carbocycles. The van der Waals surface area contributed by atoms with Gasteiger partial charge in [-0.25, -0.2) is 4.79 Å². The highest BCUT2D eigenvalue weighted by molar-refractivity contribution is 5.89. The highest BCUT2D eigenvalue weighted by Gasteiger charge is 2.12. The molecule has 0 unspecified atom stereocenters. The summed E-state index contributed by atoms with van der Waals surface area (Å²) < 4.78 is 16.0. The Labute approximate surface area is 158 Å². The van der Waals surface area contributed by atoms with Crippen LogP contribution in [0.1, 0.15) is 41.5 Å². The molecule has 0 bridgehead atoms. The molecule has 0 N–H and O–H groups in total. The van der Waals surface area contributed by atoms with Gasteiger partial charge in [0.15, 0.2) is 12.4 Å². The summed E-state index contributed by atoms with van der Waals surface area (Å²) in [5.74, 6) is 1.58. The Kier molecular flexibility index (Phi) is 6.20. The van der Waals surface area contributed by atoms with Crippen LogP contribution in [-0.4, -0.2) is 16.1 Å². The molecule has 0 saturated carbocycles. The molecule has 3 aromatic rings. The van der Waals surface area contributed by atoms with Crippen LogP contribution < -0.4 is 4.74 Å². The first-order valence-corrected chi connectivity index (χ1v) is 8.85. The third-order valence-electron chi connectivity index (χ3n) is 3.77. The fourth-order valence-corrected chi connectivity index (χ4v) is 2.44. The first-order chi connectivity index (χ1) is 13.1. The van der Waals surface area contributed by atoms with E-state index in [1.165, 1.54) is 0 Å². The molecule has 0 aliphatic rings. The van der Waals surface area contributed by atoms with Crippen molar-refractivity contribution in [2.45, 2.75) is 33.5 Å². The molecule has 27 heavy (non-hydrogen) atoms. The molecule has 6 nitrogen and oxygen atoms in total. The van der Waals surface area contributed by atoms with Crippen LogP contribution in [0.15, 0.2) is 59.1 Å². The standard InChI is InChI=1S/C21H22N2O4/c1-15(2)12-19-22-20(27-23-19)14-26-21(24)17-8-10-18(11-9-17)25-13-16-6-4-3-5-7-16/h3-11,15H,12-14H2,1-2H3. The molecular weight excluding hydrogens is 344 g/mol. The van der Waals surface area contributed by atoms with E-state index in [0.29, 0.717) is 35.6 Å². The largest absolute Gasteiger partial charge is 0.489 e. The van der Waals surface area contributed by atoms with Crippen LogP contribution in [0.4, 0.5) is 0 Å². The van der Waals surface area contributed by atoms with Crippen LogP contribution in [0.3, 0.4) is 0 Å². The minimum atomic E-state index is -0.451. The molecule has 1 heterocycles. The summed E-state index contributed by atoms with van der Waals surface area (Å²) in [7, 11) is 0. The minimum absolute atomic E-state index is 0.0454. The molecule has 1 aromatic heterocycles. The number of hydrogen-bond donors (Lipinski definition) is 0. The van der Waals surface area contributed by atoms with Crippen LogP contribution in [0, 0.1) is 5.92 Å². The van der Waals surface area contributed by atoms with Crippen molar-refractivity contribution >= 4 is 5.97 Å². The molecule has 3 rings (SSSR count). The second kappa shape index (κ2) is 8.98. The predicted molar refractivity (Wildman–Crippen MR) is 99.2 cm³/mol. The van der Waals surface area contributed by atoms with Gasteiger partial charge in [-0.2, -0.15) is 4.98 Å². The highest BCUT2D eigenvalue weighted by Crippen LogP contribution is 2.15. The molecular formula is C21H22N2O4. The maximum Gasteiger partial charge on any atom is 0.338 e. The van der Waals surface area contributed by atoms with E-state index in [4.69, 9.17) is 14.0 Å². The van der Waals surface area contributed by atoms with Gasteiger partial charge in [0.2, 0.25) is 0 Å². The van der Waals surface area contributed by atoms with E-state index in [1.807, 2.05) is 30.3 Å². The Bertz CT molecular complexity index is 857. The lowest BCUT2D eigenvalue weighted by molar-refractivity contribution is 0.0430. The van der Waals surface area contributed by atoms with Gasteiger partial charge < -0.3 is 14.0 Å². The van der Waals surface area contributed by atoms with Gasteiger partial charge in [0.25, 0.3) is 5.89 Å². The smallest absolute Gasteiger partial charge is 0.338 e. The summed E-state index contributed by atoms with van der Waals surface area (Å²) in [5.41, 5.74) is 1.52. The number of ether oxygens (including phenoxy) is 2. The van der Waals surface area contributed by atoms with Gasteiger partial charge in [0, 0.05) is 6.42 Å². The third-order valence-corrected chi connectivity index (χ3v) is 3.77. The van der Waals surface area contributed by atoms with E-state index in [1.54, 1.807) is 24.3 Å². The van der Waals surface area contributed by atoms with E-state index in [-0.39, 0.29) is 6.61 Å². The van der Waals surface area contributed by atoms with Crippen LogP contribution in [0.2, 0.25) is 0 Å². The first-order valence-electron chi connectivity index (χ1n) is 8.85. The van der Waals surface area contributed by atoms with Crippen molar-refractivity contribution < 1.29 is 18.8 Å². The quantitative estimate of drug-likeness (QED) is 0.556. The molecule has 0 aliphatic heterocycles. The van der Waals surface area contributed by atoms with Gasteiger partial charge in [-0.05, 0) is 35.7 Å². The Morgan fingerprint density at radius 2 is 1.78 bits per heavy atom. The average molecular weight is 366 g/mol. The van der Waals surface area contributed by atoms with Gasteiger partial charge in [-0.15, -0.1) is 0 Å². The highest BCUT2D eigenvalue weighted by atomic mass is 16.6. The number of aromatic nitrogens is 2. The number of nitrogens with zero attached hydrogens (tertiary/aromatic N) is 2. The molecule has 2 aromatic carbocycles. The van der Waals surface area contributed by atoms with Gasteiger partial charge in [-0.3, -0.25) is 0 Å². The Balaban J connectivity index is 1.49. The van der Waals surface area contributed by atoms with E-state index in [0.717, 1.165) is 12.0 Å². The van der Waals surface area contributed by atoms with E-state index < -0.39 is 5.97 Å². The Hall–Kier alpha value is -3.15. The van der Waals surface area contributed by atoms with E-state index in [9.17, 15) is 4.79 Å². The van der Waals surface area contributed by atoms with Crippen molar-refractivity contribution in [1.29, 1.82) is 0 Å². The molecule has 0 saturated heterocycles. The van der Waals surface area contributed by atoms with Crippen LogP contribution in [0.5, 0.6) is 5.75 Å². The zero-order valence-corrected chi connectivity index (χ0v) is 15.4. The fourth-order valence-electron chi connectivity index (χ4n) is 2.44. The van der Waals surface area contributed by atoms with Crippen molar-refractivity contribution in [3.8, 4) is 5.75 Å². The first kappa shape index (κ1) is 18.6. The summed E-state index contributed by atoms with van der Waals surface area (Å²) >= 11 is 0. The van der Waals surface area contributed by atoms with Crippen LogP contribution in [0.25, 0.3) is 0 Å². The topological polar surface area (TPSA) is 74.5 Å². The number of carbonyl (C=O) groups is 1. The number of rotatable bonds is 8. The molecule has 0 radical (unpaired) electrons. The molecule has 140 valence electrons. The zero-order valence-electron chi connectivity index (χ0n) is 15.4. The van der Waals surface area contributed by atoms with Gasteiger partial charge in [-0.1, -0.05) is 49.3 Å². The fraction of sp³-hybridized carbons (Fsp3) is 0.286. The normalized spacial score (nSPS) is 10.8. The molecule has 0 amide bonds. The zero-order chi connectivity index (χ0) is 19.1. The summed E-state index contributed by atoms with van der Waals surface area (Å²) in [6.45, 7) is 4.57. The second-order valence-electron chi connectivity index (χ2n) is 6.58. The SMILES string of the molecule is CC(C)Cc1noc(COC(=O)c2ccc(OCc3ccccc3)cc2)n1. The molecule has 0 spiro atoms. The van der Waals surface area contributed by atoms with Crippen molar-refractivity contribution in [2.24, 2.45) is 5.92 Å². The van der Waals surface area contributed by atoms with Gasteiger partial charge in [0.1, 0.15) is 12.4 Å². The van der Waals surface area contributed by atoms with E-state index in [2.05, 4.69) is 24.0 Å². The number of esters is 1. The minimum Gasteiger partial charge on any atom is -0.489 e. The van der Waals surface area contributed by atoms with Crippen molar-refractivity contribution in [2.75, 3.05) is 0 Å². The maximum absolute atomic E-state index is 12.1. The third kappa shape index (κ3) is 5.67. The Morgan fingerprint density at radius 3 is 2.48 bits per heavy atom. The number of benzene rings is 2. The second-order valence-corrected chi connectivity index (χ2v) is 6.58. The summed E-state index contributed by atoms with van der Waals surface area (Å²) in [6.07, 6.45) is 0.724. The lowest BCUT2D eigenvalue weighted by atomic mass is 10.1. The van der Waals surface area contributed by atoms with Crippen LogP contribution >= 0.6 is 0 Å². The number of hydrogen-bond acceptors (Lipinski definition) is 6. The average Bonchev–Trinajstić information content (AvgIpc) is 3.12. The summed E-state index contributed by atoms with van der Waals surface area (Å²) in [4.78, 5) is 16.3. The maximum atomic E-state index is 12.1. The molecule has 0 atom stereocenters. The summed E-state index contributed by atoms with van der Waals surface area (Å²) in [5, 5.41) is 3.87. The number of carbonyl (C=O) groups excluding carboxylic acids is 1. The summed E-state index contributed by atoms with van der Waals surface area (Å²) in [6, 6.07) is 16.7. The van der Waals surface area contributed by atoms with Crippen molar-refractivity contribution in [3.05, 3.63) is 77.4 Å². The predicted octanol–water partition coefficient (Wildman–Crippen LogP) is 4.20. The van der Waals surface area contributed by atoms with Gasteiger partial charge in [0.05, 0.1) is 5.56 Å². The molecule has 6 heteroatoms. The lowest BCUT2D eigenvalue weighted by Gasteiger charge is -2.07. The van der Waals surface area contributed by atoms with Crippen LogP contribution in [-0.2, 0) is 24.4 Å². The van der Waals surface area contributed by atoms with Gasteiger partial charge >= 0.3 is 5.97 Å². The van der Waals surface area contributed by atoms with E-state index >= 15 is 0 Å². The monoisotopic (exact) mass is 366 g/mol.